The molecular formula is C30H27ClN8OS. The van der Waals surface area contributed by atoms with Crippen molar-refractivity contribution < 1.29 is 5.11 Å². The molecule has 0 bridgehead atoms. The molecule has 0 amide bonds. The lowest BCUT2D eigenvalue weighted by Crippen LogP contribution is -2.18. The number of nitrogens with two attached hydrogens (primary N) is 1. The number of halogens is 1. The Morgan fingerprint density at radius 3 is 2.63 bits per heavy atom. The molecule has 5 heterocycles. The molecule has 5 aromatic heterocycles. The first-order valence-corrected chi connectivity index (χ1v) is 14.2. The van der Waals surface area contributed by atoms with Crippen LogP contribution in [0.3, 0.4) is 0 Å². The van der Waals surface area contributed by atoms with E-state index >= 15 is 0 Å². The summed E-state index contributed by atoms with van der Waals surface area (Å²) < 4.78 is 1.72. The Morgan fingerprint density at radius 2 is 1.85 bits per heavy atom. The van der Waals surface area contributed by atoms with Gasteiger partial charge in [0, 0.05) is 60.0 Å². The van der Waals surface area contributed by atoms with Crippen molar-refractivity contribution >= 4 is 39.7 Å². The van der Waals surface area contributed by atoms with Gasteiger partial charge in [-0.1, -0.05) is 23.7 Å². The van der Waals surface area contributed by atoms with E-state index in [9.17, 15) is 5.11 Å². The third-order valence-electron chi connectivity index (χ3n) is 6.60. The molecule has 9 nitrogen and oxygen atoms in total. The molecule has 3 N–H and O–H groups in total. The van der Waals surface area contributed by atoms with Gasteiger partial charge in [-0.25, -0.2) is 15.0 Å². The minimum absolute atomic E-state index is 0.331. The number of rotatable bonds is 7. The van der Waals surface area contributed by atoms with Gasteiger partial charge in [0.2, 0.25) is 0 Å². The third-order valence-corrected chi connectivity index (χ3v) is 7.88. The Labute approximate surface area is 245 Å². The molecule has 0 fully saturated rings. The van der Waals surface area contributed by atoms with E-state index in [1.165, 1.54) is 0 Å². The average molecular weight is 583 g/mol. The van der Waals surface area contributed by atoms with Crippen LogP contribution in [-0.4, -0.2) is 39.8 Å². The molecule has 0 saturated heterocycles. The molecular weight excluding hydrogens is 556 g/mol. The van der Waals surface area contributed by atoms with Crippen LogP contribution in [0.5, 0.6) is 0 Å². The molecule has 11 heteroatoms. The predicted molar refractivity (Wildman–Crippen MR) is 162 cm³/mol. The van der Waals surface area contributed by atoms with Crippen molar-refractivity contribution in [2.24, 2.45) is 7.05 Å². The summed E-state index contributed by atoms with van der Waals surface area (Å²) in [4.78, 5) is 24.4. The van der Waals surface area contributed by atoms with Crippen molar-refractivity contribution in [3.05, 3.63) is 99.1 Å². The van der Waals surface area contributed by atoms with Gasteiger partial charge in [0.25, 0.3) is 0 Å². The Bertz CT molecular complexity index is 1890. The molecule has 6 aromatic rings. The predicted octanol–water partition coefficient (Wildman–Crippen LogP) is 5.59. The number of aryl methyl sites for hydroxylation is 1. The van der Waals surface area contributed by atoms with E-state index in [0.29, 0.717) is 52.2 Å². The van der Waals surface area contributed by atoms with Gasteiger partial charge in [-0.15, -0.1) is 11.3 Å². The second-order valence-corrected chi connectivity index (χ2v) is 11.9. The maximum absolute atomic E-state index is 10.3. The fraction of sp³-hybridized carbons (Fsp3) is 0.200. The highest BCUT2D eigenvalue weighted by Crippen LogP contribution is 2.35. The zero-order chi connectivity index (χ0) is 28.7. The number of hydrogen-bond acceptors (Lipinski definition) is 9. The van der Waals surface area contributed by atoms with Gasteiger partial charge in [0.1, 0.15) is 22.8 Å². The van der Waals surface area contributed by atoms with Crippen molar-refractivity contribution in [1.82, 2.24) is 34.7 Å². The van der Waals surface area contributed by atoms with Crippen molar-refractivity contribution in [3.63, 3.8) is 0 Å². The summed E-state index contributed by atoms with van der Waals surface area (Å²) >= 11 is 8.21. The van der Waals surface area contributed by atoms with Gasteiger partial charge in [0.15, 0.2) is 0 Å². The normalized spacial score (nSPS) is 11.8. The largest absolute Gasteiger partial charge is 0.384 e. The zero-order valence-electron chi connectivity index (χ0n) is 22.7. The fourth-order valence-corrected chi connectivity index (χ4v) is 5.79. The quantitative estimate of drug-likeness (QED) is 0.249. The van der Waals surface area contributed by atoms with Gasteiger partial charge in [0.05, 0.1) is 32.6 Å². The minimum atomic E-state index is -1.01. The molecule has 6 rings (SSSR count). The smallest absolute Gasteiger partial charge is 0.146 e. The Balaban J connectivity index is 1.36. The number of aliphatic hydroxyl groups is 1. The van der Waals surface area contributed by atoms with Crippen molar-refractivity contribution in [3.8, 4) is 22.6 Å². The van der Waals surface area contributed by atoms with E-state index in [1.807, 2.05) is 68.0 Å². The van der Waals surface area contributed by atoms with E-state index in [4.69, 9.17) is 27.3 Å². The van der Waals surface area contributed by atoms with Crippen molar-refractivity contribution in [1.29, 1.82) is 0 Å². The molecule has 0 aliphatic rings. The summed E-state index contributed by atoms with van der Waals surface area (Å²) in [5, 5.41) is 17.2. The first kappa shape index (κ1) is 26.9. The number of fused-ring (bicyclic) bond motifs is 1. The topological polar surface area (TPSA) is 129 Å². The molecule has 1 aromatic carbocycles. The Kier molecular flexibility index (Phi) is 6.98. The lowest BCUT2D eigenvalue weighted by Gasteiger charge is -2.16. The van der Waals surface area contributed by atoms with Crippen LogP contribution in [0, 0.1) is 0 Å². The summed E-state index contributed by atoms with van der Waals surface area (Å²) in [6, 6.07) is 15.2. The van der Waals surface area contributed by atoms with E-state index in [-0.39, 0.29) is 0 Å². The maximum Gasteiger partial charge on any atom is 0.146 e. The summed E-state index contributed by atoms with van der Waals surface area (Å²) in [7, 11) is 1.85. The summed E-state index contributed by atoms with van der Waals surface area (Å²) in [6.07, 6.45) is 6.44. The van der Waals surface area contributed by atoms with E-state index in [2.05, 4.69) is 20.1 Å². The summed E-state index contributed by atoms with van der Waals surface area (Å²) in [5.41, 5.74) is 11.0. The number of aromatic nitrogens is 7. The van der Waals surface area contributed by atoms with Crippen LogP contribution in [0.4, 0.5) is 5.82 Å². The molecule has 0 aliphatic carbocycles. The number of pyridine rings is 2. The third kappa shape index (κ3) is 5.67. The Hall–Kier alpha value is -4.25. The van der Waals surface area contributed by atoms with Crippen LogP contribution in [0.25, 0.3) is 33.5 Å². The number of nitrogen functional groups attached to an aromatic ring is 1. The van der Waals surface area contributed by atoms with E-state index < -0.39 is 5.60 Å². The van der Waals surface area contributed by atoms with Gasteiger partial charge < -0.3 is 10.8 Å². The highest BCUT2D eigenvalue weighted by atomic mass is 35.5. The molecule has 0 aliphatic heterocycles. The highest BCUT2D eigenvalue weighted by molar-refractivity contribution is 7.11. The number of thiazole rings is 1. The first-order chi connectivity index (χ1) is 19.6. The standard InChI is InChI=1S/C30H27ClN8OS/c1-30(2,40)24-8-4-7-19(35-24)14-25-34-16-20(41-25)15-23-29(32)37-28(22-9-11-39(3)38-22)27(36-23)18-12-17-6-5-10-33-26(17)21(31)13-18/h4-13,16,40H,14-15H2,1-3H3,(H2,32,37). The van der Waals surface area contributed by atoms with Crippen molar-refractivity contribution in [2.45, 2.75) is 32.3 Å². The fourth-order valence-electron chi connectivity index (χ4n) is 4.57. The van der Waals surface area contributed by atoms with E-state index in [0.717, 1.165) is 32.0 Å². The van der Waals surface area contributed by atoms with Crippen LogP contribution < -0.4 is 5.73 Å². The molecule has 0 unspecified atom stereocenters. The lowest BCUT2D eigenvalue weighted by atomic mass is 10.0. The molecule has 0 saturated carbocycles. The minimum Gasteiger partial charge on any atom is -0.384 e. The number of nitrogens with zero attached hydrogens (tertiary/aromatic N) is 7. The number of hydrogen-bond donors (Lipinski definition) is 2. The highest BCUT2D eigenvalue weighted by Gasteiger charge is 2.21. The average Bonchev–Trinajstić information content (AvgIpc) is 3.57. The van der Waals surface area contributed by atoms with Gasteiger partial charge >= 0.3 is 0 Å². The second-order valence-electron chi connectivity index (χ2n) is 10.3. The summed E-state index contributed by atoms with van der Waals surface area (Å²) in [5.74, 6) is 0.331. The van der Waals surface area contributed by atoms with Crippen LogP contribution in [0.1, 0.15) is 40.8 Å². The molecule has 0 spiro atoms. The van der Waals surface area contributed by atoms with Gasteiger partial charge in [-0.05, 0) is 50.2 Å². The van der Waals surface area contributed by atoms with Crippen LogP contribution in [-0.2, 0) is 25.5 Å². The maximum atomic E-state index is 10.3. The zero-order valence-corrected chi connectivity index (χ0v) is 24.3. The van der Waals surface area contributed by atoms with Crippen LogP contribution in [0.2, 0.25) is 5.02 Å². The number of anilines is 1. The van der Waals surface area contributed by atoms with Gasteiger partial charge in [-0.2, -0.15) is 5.10 Å². The molecule has 206 valence electrons. The lowest BCUT2D eigenvalue weighted by molar-refractivity contribution is 0.0736. The number of benzene rings is 1. The van der Waals surface area contributed by atoms with Gasteiger partial charge in [-0.3, -0.25) is 14.6 Å². The van der Waals surface area contributed by atoms with Crippen molar-refractivity contribution in [2.75, 3.05) is 5.73 Å². The van der Waals surface area contributed by atoms with Crippen LogP contribution in [0.15, 0.2) is 67.1 Å². The molecule has 0 radical (unpaired) electrons. The van der Waals surface area contributed by atoms with Crippen LogP contribution >= 0.6 is 22.9 Å². The first-order valence-electron chi connectivity index (χ1n) is 13.0. The second kappa shape index (κ2) is 10.6. The molecule has 0 atom stereocenters. The summed E-state index contributed by atoms with van der Waals surface area (Å²) in [6.45, 7) is 3.45. The SMILES string of the molecule is Cn1ccc(-c2nc(N)c(Cc3cnc(Cc4cccc(C(C)(C)O)n4)s3)nc2-c2cc(Cl)c3ncccc3c2)n1. The van der Waals surface area contributed by atoms with E-state index in [1.54, 1.807) is 36.1 Å². The monoisotopic (exact) mass is 582 g/mol. The Morgan fingerprint density at radius 1 is 1.00 bits per heavy atom. The molecule has 41 heavy (non-hydrogen) atoms.